The summed E-state index contributed by atoms with van der Waals surface area (Å²) >= 11 is 0. The van der Waals surface area contributed by atoms with Crippen LogP contribution in [0.1, 0.15) is 37.0 Å². The van der Waals surface area contributed by atoms with Crippen LogP contribution in [-0.4, -0.2) is 21.0 Å². The summed E-state index contributed by atoms with van der Waals surface area (Å²) in [6, 6.07) is 0. The van der Waals surface area contributed by atoms with Crippen LogP contribution in [0.3, 0.4) is 0 Å². The molecule has 2 N–H and O–H groups in total. The van der Waals surface area contributed by atoms with Gasteiger partial charge in [-0.3, -0.25) is 4.79 Å². The highest BCUT2D eigenvalue weighted by molar-refractivity contribution is 5.70. The van der Waals surface area contributed by atoms with Crippen LogP contribution in [0.4, 0.5) is 0 Å². The number of imidazole rings is 1. The lowest BCUT2D eigenvalue weighted by molar-refractivity contribution is -0.142. The Bertz CT molecular complexity index is 371. The van der Waals surface area contributed by atoms with Crippen LogP contribution in [-0.2, 0) is 24.1 Å². The van der Waals surface area contributed by atoms with E-state index in [0.29, 0.717) is 6.42 Å². The number of rotatable bonds is 3. The van der Waals surface area contributed by atoms with Gasteiger partial charge in [0.1, 0.15) is 5.82 Å². The standard InChI is InChI=1S/C11H16N2O2/c1-2-3-10-12-8-5-4-7(11(14)15)6-9(8)13-10/h7H,2-6H2,1H3,(H,12,13)(H,14,15). The summed E-state index contributed by atoms with van der Waals surface area (Å²) in [5, 5.41) is 8.94. The molecule has 1 atom stereocenters. The maximum Gasteiger partial charge on any atom is 0.306 e. The number of H-pyrrole nitrogens is 1. The summed E-state index contributed by atoms with van der Waals surface area (Å²) in [7, 11) is 0. The second-order valence-corrected chi connectivity index (χ2v) is 4.14. The van der Waals surface area contributed by atoms with Gasteiger partial charge in [-0.2, -0.15) is 0 Å². The number of carbonyl (C=O) groups is 1. The Morgan fingerprint density at radius 1 is 1.67 bits per heavy atom. The molecule has 0 amide bonds. The van der Waals surface area contributed by atoms with Crippen molar-refractivity contribution in [3.05, 3.63) is 17.2 Å². The highest BCUT2D eigenvalue weighted by atomic mass is 16.4. The number of aryl methyl sites for hydroxylation is 2. The largest absolute Gasteiger partial charge is 0.481 e. The number of carboxylic acid groups (broad SMARTS) is 1. The molecule has 1 unspecified atom stereocenters. The summed E-state index contributed by atoms with van der Waals surface area (Å²) in [6.45, 7) is 2.11. The van der Waals surface area contributed by atoms with Crippen molar-refractivity contribution in [2.75, 3.05) is 0 Å². The molecule has 0 saturated carbocycles. The number of fused-ring (bicyclic) bond motifs is 1. The van der Waals surface area contributed by atoms with Gasteiger partial charge in [0.2, 0.25) is 0 Å². The number of aromatic nitrogens is 2. The first kappa shape index (κ1) is 10.2. The molecule has 0 saturated heterocycles. The van der Waals surface area contributed by atoms with Gasteiger partial charge in [0.05, 0.1) is 11.6 Å². The van der Waals surface area contributed by atoms with Crippen molar-refractivity contribution in [3.8, 4) is 0 Å². The first-order chi connectivity index (χ1) is 7.20. The molecule has 4 nitrogen and oxygen atoms in total. The Labute approximate surface area is 88.7 Å². The summed E-state index contributed by atoms with van der Waals surface area (Å²) in [5.41, 5.74) is 2.12. The molecular formula is C11H16N2O2. The van der Waals surface area contributed by atoms with Gasteiger partial charge in [-0.15, -0.1) is 0 Å². The SMILES string of the molecule is CCCc1nc2c([nH]1)CC(C(=O)O)CC2. The number of hydrogen-bond acceptors (Lipinski definition) is 2. The molecule has 1 aromatic heterocycles. The number of aliphatic carboxylic acids is 1. The van der Waals surface area contributed by atoms with Crippen LogP contribution in [0.5, 0.6) is 0 Å². The quantitative estimate of drug-likeness (QED) is 0.792. The monoisotopic (exact) mass is 208 g/mol. The van der Waals surface area contributed by atoms with E-state index in [4.69, 9.17) is 5.11 Å². The van der Waals surface area contributed by atoms with Crippen molar-refractivity contribution in [1.29, 1.82) is 0 Å². The van der Waals surface area contributed by atoms with E-state index in [1.54, 1.807) is 0 Å². The zero-order valence-corrected chi connectivity index (χ0v) is 8.92. The van der Waals surface area contributed by atoms with E-state index < -0.39 is 5.97 Å². The molecule has 0 aromatic carbocycles. The van der Waals surface area contributed by atoms with Crippen LogP contribution < -0.4 is 0 Å². The summed E-state index contributed by atoms with van der Waals surface area (Å²) in [5.74, 6) is 0.0910. The molecular weight excluding hydrogens is 192 g/mol. The predicted octanol–water partition coefficient (Wildman–Crippen LogP) is 1.55. The van der Waals surface area contributed by atoms with E-state index >= 15 is 0 Å². The Kier molecular flexibility index (Phi) is 2.75. The zero-order chi connectivity index (χ0) is 10.8. The second kappa shape index (κ2) is 4.04. The molecule has 1 heterocycles. The molecule has 15 heavy (non-hydrogen) atoms. The van der Waals surface area contributed by atoms with Gasteiger partial charge in [-0.1, -0.05) is 6.92 Å². The number of hydrogen-bond donors (Lipinski definition) is 2. The summed E-state index contributed by atoms with van der Waals surface area (Å²) < 4.78 is 0. The lowest BCUT2D eigenvalue weighted by atomic mass is 9.90. The molecule has 0 spiro atoms. The topological polar surface area (TPSA) is 66.0 Å². The van der Waals surface area contributed by atoms with Gasteiger partial charge < -0.3 is 10.1 Å². The van der Waals surface area contributed by atoms with E-state index in [2.05, 4.69) is 16.9 Å². The predicted molar refractivity (Wildman–Crippen MR) is 55.7 cm³/mol. The summed E-state index contributed by atoms with van der Waals surface area (Å²) in [4.78, 5) is 18.6. The van der Waals surface area contributed by atoms with Crippen molar-refractivity contribution in [3.63, 3.8) is 0 Å². The molecule has 0 fully saturated rings. The van der Waals surface area contributed by atoms with E-state index in [1.807, 2.05) is 0 Å². The Balaban J connectivity index is 2.15. The minimum absolute atomic E-state index is 0.229. The van der Waals surface area contributed by atoms with E-state index in [9.17, 15) is 4.79 Å². The Morgan fingerprint density at radius 3 is 3.13 bits per heavy atom. The fourth-order valence-corrected chi connectivity index (χ4v) is 2.11. The van der Waals surface area contributed by atoms with Gasteiger partial charge >= 0.3 is 5.97 Å². The van der Waals surface area contributed by atoms with Crippen LogP contribution in [0.15, 0.2) is 0 Å². The normalized spacial score (nSPS) is 19.9. The smallest absolute Gasteiger partial charge is 0.306 e. The number of nitrogens with one attached hydrogen (secondary N) is 1. The van der Waals surface area contributed by atoms with Crippen molar-refractivity contribution in [2.24, 2.45) is 5.92 Å². The van der Waals surface area contributed by atoms with Crippen LogP contribution >= 0.6 is 0 Å². The minimum Gasteiger partial charge on any atom is -0.481 e. The van der Waals surface area contributed by atoms with Gasteiger partial charge in [0.15, 0.2) is 0 Å². The third-order valence-corrected chi connectivity index (χ3v) is 2.93. The van der Waals surface area contributed by atoms with Crippen molar-refractivity contribution in [2.45, 2.75) is 39.0 Å². The Morgan fingerprint density at radius 2 is 2.47 bits per heavy atom. The third kappa shape index (κ3) is 2.03. The highest BCUT2D eigenvalue weighted by Gasteiger charge is 2.26. The fraction of sp³-hybridized carbons (Fsp3) is 0.636. The molecule has 82 valence electrons. The highest BCUT2D eigenvalue weighted by Crippen LogP contribution is 2.24. The first-order valence-electron chi connectivity index (χ1n) is 5.50. The number of carboxylic acids is 1. The average Bonchev–Trinajstić information content (AvgIpc) is 2.59. The fourth-order valence-electron chi connectivity index (χ4n) is 2.11. The number of aromatic amines is 1. The van der Waals surface area contributed by atoms with E-state index in [0.717, 1.165) is 42.9 Å². The maximum atomic E-state index is 10.9. The third-order valence-electron chi connectivity index (χ3n) is 2.93. The molecule has 0 aliphatic heterocycles. The second-order valence-electron chi connectivity index (χ2n) is 4.14. The van der Waals surface area contributed by atoms with Gasteiger partial charge in [-0.25, -0.2) is 4.98 Å². The lowest BCUT2D eigenvalue weighted by Crippen LogP contribution is -2.22. The first-order valence-corrected chi connectivity index (χ1v) is 5.50. The van der Waals surface area contributed by atoms with Crippen LogP contribution in [0, 0.1) is 5.92 Å². The van der Waals surface area contributed by atoms with Crippen LogP contribution in [0.25, 0.3) is 0 Å². The molecule has 1 aliphatic carbocycles. The lowest BCUT2D eigenvalue weighted by Gasteiger charge is -2.16. The van der Waals surface area contributed by atoms with Crippen LogP contribution in [0.2, 0.25) is 0 Å². The average molecular weight is 208 g/mol. The van der Waals surface area contributed by atoms with Crippen molar-refractivity contribution in [1.82, 2.24) is 9.97 Å². The van der Waals surface area contributed by atoms with E-state index in [1.165, 1.54) is 0 Å². The zero-order valence-electron chi connectivity index (χ0n) is 8.92. The van der Waals surface area contributed by atoms with Gasteiger partial charge in [-0.05, 0) is 19.3 Å². The van der Waals surface area contributed by atoms with Gasteiger partial charge in [0, 0.05) is 18.5 Å². The maximum absolute atomic E-state index is 10.9. The number of nitrogens with zero attached hydrogens (tertiary/aromatic N) is 1. The summed E-state index contributed by atoms with van der Waals surface area (Å²) in [6.07, 6.45) is 4.14. The van der Waals surface area contributed by atoms with E-state index in [-0.39, 0.29) is 5.92 Å². The molecule has 0 bridgehead atoms. The molecule has 0 radical (unpaired) electrons. The molecule has 1 aliphatic rings. The minimum atomic E-state index is -0.688. The molecule has 2 rings (SSSR count). The van der Waals surface area contributed by atoms with Gasteiger partial charge in [0.25, 0.3) is 0 Å². The van der Waals surface area contributed by atoms with Crippen molar-refractivity contribution < 1.29 is 9.90 Å². The molecule has 4 heteroatoms. The van der Waals surface area contributed by atoms with Crippen molar-refractivity contribution >= 4 is 5.97 Å². The molecule has 1 aromatic rings. The Hall–Kier alpha value is -1.32.